The summed E-state index contributed by atoms with van der Waals surface area (Å²) in [6, 6.07) is 0. The third-order valence-corrected chi connectivity index (χ3v) is 0.494. The number of nitrogens with zero attached hydrogens (tertiary/aromatic N) is 2. The Morgan fingerprint density at radius 3 is 2.90 bits per heavy atom. The molecule has 0 saturated heterocycles. The van der Waals surface area contributed by atoms with Crippen molar-refractivity contribution in [3.63, 3.8) is 0 Å². The molecule has 0 aromatic carbocycles. The summed E-state index contributed by atoms with van der Waals surface area (Å²) in [6.07, 6.45) is 3.87. The fraction of sp³-hybridized carbons (Fsp3) is 0. The molecule has 0 saturated carbocycles. The van der Waals surface area contributed by atoms with Gasteiger partial charge in [0.25, 0.3) is 6.20 Å². The zero-order valence-corrected chi connectivity index (χ0v) is 5.02. The highest BCUT2D eigenvalue weighted by Crippen LogP contribution is 1.67. The van der Waals surface area contributed by atoms with Crippen molar-refractivity contribution in [1.82, 2.24) is 5.43 Å². The Balaban J connectivity index is 3.44. The molecule has 10 heavy (non-hydrogen) atoms. The van der Waals surface area contributed by atoms with Crippen molar-refractivity contribution in [2.75, 3.05) is 0 Å². The van der Waals surface area contributed by atoms with Crippen LogP contribution in [0.2, 0.25) is 0 Å². The van der Waals surface area contributed by atoms with Crippen molar-refractivity contribution in [2.24, 2.45) is 5.10 Å². The van der Waals surface area contributed by atoms with Crippen LogP contribution in [0.1, 0.15) is 0 Å². The fourth-order valence-corrected chi connectivity index (χ4v) is 0.218. The van der Waals surface area contributed by atoms with E-state index in [-0.39, 0.29) is 0 Å². The molecule has 0 aliphatic heterocycles. The lowest BCUT2D eigenvalue weighted by Crippen LogP contribution is -1.95. The summed E-state index contributed by atoms with van der Waals surface area (Å²) in [5, 5.41) is 19.4. The van der Waals surface area contributed by atoms with Crippen LogP contribution < -0.4 is 5.43 Å². The lowest BCUT2D eigenvalue weighted by Gasteiger charge is -1.82. The van der Waals surface area contributed by atoms with E-state index in [1.54, 1.807) is 0 Å². The average Bonchev–Trinajstić information content (AvgIpc) is 1.87. The van der Waals surface area contributed by atoms with Crippen molar-refractivity contribution in [3.05, 3.63) is 22.5 Å². The molecule has 0 atom stereocenters. The molecule has 0 fully saturated rings. The minimum absolute atomic E-state index is 0.618. The summed E-state index contributed by atoms with van der Waals surface area (Å²) in [5.74, 6) is 0. The van der Waals surface area contributed by atoms with Gasteiger partial charge in [0.2, 0.25) is 0 Å². The highest BCUT2D eigenvalue weighted by molar-refractivity contribution is 6.14. The second-order valence-electron chi connectivity index (χ2n) is 1.18. The summed E-state index contributed by atoms with van der Waals surface area (Å²) in [7, 11) is 0. The molecule has 0 unspecified atom stereocenters. The molecule has 54 valence electrons. The van der Waals surface area contributed by atoms with Gasteiger partial charge in [0, 0.05) is 6.21 Å². The highest BCUT2D eigenvalue weighted by atomic mass is 16.6. The van der Waals surface area contributed by atoms with E-state index in [1.165, 1.54) is 0 Å². The van der Waals surface area contributed by atoms with Crippen LogP contribution in [-0.2, 0) is 0 Å². The fourth-order valence-electron chi connectivity index (χ4n) is 0.218. The van der Waals surface area contributed by atoms with Gasteiger partial charge in [-0.15, -0.1) is 0 Å². The topological polar surface area (TPSA) is 91.4 Å². The molecule has 6 nitrogen and oxygen atoms in total. The van der Waals surface area contributed by atoms with Gasteiger partial charge < -0.3 is 5.41 Å². The van der Waals surface area contributed by atoms with Gasteiger partial charge in [0.1, 0.15) is 0 Å². The smallest absolute Gasteiger partial charge is 0.251 e. The van der Waals surface area contributed by atoms with E-state index in [0.29, 0.717) is 6.20 Å². The number of nitrogens with one attached hydrogen (secondary N) is 2. The summed E-state index contributed by atoms with van der Waals surface area (Å²) >= 11 is 0. The van der Waals surface area contributed by atoms with Crippen LogP contribution in [0.4, 0.5) is 0 Å². The van der Waals surface area contributed by atoms with E-state index in [4.69, 9.17) is 5.41 Å². The Morgan fingerprint density at radius 2 is 2.40 bits per heavy atom. The molecule has 0 spiro atoms. The zero-order valence-electron chi connectivity index (χ0n) is 5.02. The van der Waals surface area contributed by atoms with Gasteiger partial charge in [-0.25, -0.2) is 0 Å². The molecule has 6 heteroatoms. The number of hydrogen-bond donors (Lipinski definition) is 2. The van der Waals surface area contributed by atoms with Gasteiger partial charge in [0.15, 0.2) is 0 Å². The SMILES string of the molecule is N=C/C=N/N/C=C/[N+](=O)[O-]. The highest BCUT2D eigenvalue weighted by Gasteiger charge is 1.78. The largest absolute Gasteiger partial charge is 0.307 e. The number of nitro groups is 1. The maximum atomic E-state index is 9.61. The van der Waals surface area contributed by atoms with E-state index in [0.717, 1.165) is 18.6 Å². The van der Waals surface area contributed by atoms with Gasteiger partial charge in [-0.2, -0.15) is 5.10 Å². The number of hydrogen-bond acceptors (Lipinski definition) is 5. The molecule has 2 N–H and O–H groups in total. The van der Waals surface area contributed by atoms with Crippen LogP contribution in [0.3, 0.4) is 0 Å². The van der Waals surface area contributed by atoms with E-state index in [1.807, 2.05) is 0 Å². The lowest BCUT2D eigenvalue weighted by molar-refractivity contribution is -0.402. The van der Waals surface area contributed by atoms with Crippen LogP contribution in [0.5, 0.6) is 0 Å². The predicted octanol–water partition coefficient (Wildman–Crippen LogP) is -0.0407. The Hall–Kier alpha value is -1.72. The van der Waals surface area contributed by atoms with E-state index >= 15 is 0 Å². The molecule has 0 aromatic rings. The monoisotopic (exact) mass is 142 g/mol. The van der Waals surface area contributed by atoms with Gasteiger partial charge in [0.05, 0.1) is 17.3 Å². The summed E-state index contributed by atoms with van der Waals surface area (Å²) < 4.78 is 0. The molecule has 0 aromatic heterocycles. The molecule has 0 radical (unpaired) electrons. The Kier molecular flexibility index (Phi) is 4.49. The first-order valence-electron chi connectivity index (χ1n) is 2.35. The number of hydrazone groups is 1. The zero-order chi connectivity index (χ0) is 7.82. The van der Waals surface area contributed by atoms with Crippen molar-refractivity contribution in [1.29, 1.82) is 5.41 Å². The van der Waals surface area contributed by atoms with E-state index < -0.39 is 4.92 Å². The predicted molar refractivity (Wildman–Crippen MR) is 36.5 cm³/mol. The second kappa shape index (κ2) is 5.42. The third kappa shape index (κ3) is 6.28. The molecular weight excluding hydrogens is 136 g/mol. The molecule has 0 aliphatic carbocycles. The van der Waals surface area contributed by atoms with E-state index in [9.17, 15) is 10.1 Å². The Morgan fingerprint density at radius 1 is 1.70 bits per heavy atom. The van der Waals surface area contributed by atoms with Crippen LogP contribution in [-0.4, -0.2) is 17.4 Å². The summed E-state index contributed by atoms with van der Waals surface area (Å²) in [4.78, 5) is 9.00. The Bertz CT molecular complexity index is 174. The first-order chi connectivity index (χ1) is 4.77. The maximum absolute atomic E-state index is 9.61. The minimum Gasteiger partial charge on any atom is -0.307 e. The molecular formula is C4H6N4O2. The van der Waals surface area contributed by atoms with Gasteiger partial charge in [-0.1, -0.05) is 0 Å². The van der Waals surface area contributed by atoms with Crippen molar-refractivity contribution in [2.45, 2.75) is 0 Å². The van der Waals surface area contributed by atoms with Gasteiger partial charge >= 0.3 is 0 Å². The quantitative estimate of drug-likeness (QED) is 0.327. The molecule has 0 rings (SSSR count). The standard InChI is InChI=1S/C4H6N4O2/c5-1-2-6-7-3-4-8(9)10/h1-5,7H/b4-3+,5-1?,6-2+. The van der Waals surface area contributed by atoms with Crippen LogP contribution in [0.15, 0.2) is 17.5 Å². The van der Waals surface area contributed by atoms with Crippen molar-refractivity contribution >= 4 is 12.4 Å². The van der Waals surface area contributed by atoms with Crippen molar-refractivity contribution < 1.29 is 4.92 Å². The first kappa shape index (κ1) is 8.28. The number of rotatable bonds is 4. The Labute approximate surface area is 56.9 Å². The van der Waals surface area contributed by atoms with Crippen LogP contribution in [0, 0.1) is 15.5 Å². The normalized spacial score (nSPS) is 10.4. The molecule has 0 amide bonds. The van der Waals surface area contributed by atoms with Gasteiger partial charge in [-0.3, -0.25) is 15.5 Å². The van der Waals surface area contributed by atoms with Crippen LogP contribution in [0.25, 0.3) is 0 Å². The van der Waals surface area contributed by atoms with Crippen LogP contribution >= 0.6 is 0 Å². The minimum atomic E-state index is -0.618. The maximum Gasteiger partial charge on any atom is 0.251 e. The average molecular weight is 142 g/mol. The first-order valence-corrected chi connectivity index (χ1v) is 2.35. The van der Waals surface area contributed by atoms with Gasteiger partial charge in [-0.05, 0) is 0 Å². The molecule has 0 heterocycles. The summed E-state index contributed by atoms with van der Waals surface area (Å²) in [5.41, 5.74) is 2.21. The second-order valence-corrected chi connectivity index (χ2v) is 1.18. The summed E-state index contributed by atoms with van der Waals surface area (Å²) in [6.45, 7) is 0. The van der Waals surface area contributed by atoms with Crippen molar-refractivity contribution in [3.8, 4) is 0 Å². The van der Waals surface area contributed by atoms with E-state index in [2.05, 4.69) is 10.5 Å². The third-order valence-electron chi connectivity index (χ3n) is 0.494. The lowest BCUT2D eigenvalue weighted by atomic mass is 10.8. The molecule has 0 aliphatic rings. The molecule has 0 bridgehead atoms.